The third-order valence-corrected chi connectivity index (χ3v) is 3.55. The second-order valence-corrected chi connectivity index (χ2v) is 5.49. The summed E-state index contributed by atoms with van der Waals surface area (Å²) in [6, 6.07) is 0. The highest BCUT2D eigenvalue weighted by atomic mass is 16.7. The van der Waals surface area contributed by atoms with E-state index in [0.717, 1.165) is 11.1 Å². The van der Waals surface area contributed by atoms with Gasteiger partial charge < -0.3 is 14.2 Å². The number of carbonyl (C=O) groups is 1. The predicted molar refractivity (Wildman–Crippen MR) is 62.4 cm³/mol. The molecule has 2 rings (SSSR count). The first kappa shape index (κ1) is 12.6. The molecule has 0 atom stereocenters. The summed E-state index contributed by atoms with van der Waals surface area (Å²) in [5, 5.41) is 0. The van der Waals surface area contributed by atoms with Gasteiger partial charge in [0.2, 0.25) is 0 Å². The molecule has 0 unspecified atom stereocenters. The highest BCUT2D eigenvalue weighted by molar-refractivity contribution is 5.91. The summed E-state index contributed by atoms with van der Waals surface area (Å²) in [6.45, 7) is 7.30. The van der Waals surface area contributed by atoms with Crippen LogP contribution in [0.5, 0.6) is 0 Å². The van der Waals surface area contributed by atoms with Crippen molar-refractivity contribution in [3.8, 4) is 0 Å². The summed E-state index contributed by atoms with van der Waals surface area (Å²) in [5.41, 5.74) is 1.50. The molecule has 1 heterocycles. The number of hydrogen-bond acceptors (Lipinski definition) is 4. The largest absolute Gasteiger partial charge is 0.466 e. The molecule has 0 bridgehead atoms. The van der Waals surface area contributed by atoms with Crippen LogP contribution in [-0.2, 0) is 19.0 Å². The molecule has 0 radical (unpaired) electrons. The van der Waals surface area contributed by atoms with Crippen molar-refractivity contribution in [2.24, 2.45) is 5.41 Å². The fraction of sp³-hybridized carbons (Fsp3) is 0.769. The minimum absolute atomic E-state index is 0.236. The summed E-state index contributed by atoms with van der Waals surface area (Å²) < 4.78 is 16.3. The van der Waals surface area contributed by atoms with Gasteiger partial charge in [0.15, 0.2) is 5.79 Å². The maximum Gasteiger partial charge on any atom is 0.334 e. The van der Waals surface area contributed by atoms with Gasteiger partial charge in [-0.3, -0.25) is 0 Å². The lowest BCUT2D eigenvalue weighted by molar-refractivity contribution is -0.180. The van der Waals surface area contributed by atoms with Crippen LogP contribution in [0.3, 0.4) is 0 Å². The van der Waals surface area contributed by atoms with E-state index in [2.05, 4.69) is 0 Å². The second kappa shape index (κ2) is 4.10. The van der Waals surface area contributed by atoms with Gasteiger partial charge in [0.05, 0.1) is 20.3 Å². The van der Waals surface area contributed by atoms with Crippen molar-refractivity contribution in [3.05, 3.63) is 11.1 Å². The molecule has 2 aliphatic rings. The van der Waals surface area contributed by atoms with E-state index >= 15 is 0 Å². The number of esters is 1. The lowest BCUT2D eigenvalue weighted by Gasteiger charge is -2.42. The molecule has 0 aromatic heterocycles. The van der Waals surface area contributed by atoms with Gasteiger partial charge >= 0.3 is 5.97 Å². The molecule has 1 spiro atoms. The van der Waals surface area contributed by atoms with E-state index in [1.807, 2.05) is 20.8 Å². The Morgan fingerprint density at radius 3 is 2.35 bits per heavy atom. The molecule has 1 aliphatic carbocycles. The molecular weight excluding hydrogens is 220 g/mol. The van der Waals surface area contributed by atoms with Crippen LogP contribution in [0.15, 0.2) is 11.1 Å². The van der Waals surface area contributed by atoms with Crippen LogP contribution in [0.2, 0.25) is 0 Å². The molecule has 1 aliphatic heterocycles. The summed E-state index contributed by atoms with van der Waals surface area (Å²) in [7, 11) is 1.42. The van der Waals surface area contributed by atoms with Crippen LogP contribution in [0.25, 0.3) is 0 Å². The summed E-state index contributed by atoms with van der Waals surface area (Å²) in [4.78, 5) is 11.8. The molecule has 1 fully saturated rings. The van der Waals surface area contributed by atoms with Gasteiger partial charge in [-0.1, -0.05) is 19.4 Å². The van der Waals surface area contributed by atoms with Crippen LogP contribution in [-0.4, -0.2) is 32.1 Å². The average Bonchev–Trinajstić information content (AvgIpc) is 2.62. The predicted octanol–water partition coefficient (Wildman–Crippen LogP) is 2.04. The fourth-order valence-electron chi connectivity index (χ4n) is 3.15. The van der Waals surface area contributed by atoms with Crippen molar-refractivity contribution < 1.29 is 19.0 Å². The monoisotopic (exact) mass is 240 g/mol. The number of rotatable bonds is 1. The van der Waals surface area contributed by atoms with Gasteiger partial charge in [0, 0.05) is 23.8 Å². The molecule has 1 saturated heterocycles. The summed E-state index contributed by atoms with van der Waals surface area (Å²) in [5.74, 6) is -0.759. The lowest BCUT2D eigenvalue weighted by atomic mass is 9.70. The quantitative estimate of drug-likeness (QED) is 0.658. The SMILES string of the molecule is COC(=O)C1=C(C)CC2(CC1(C)C)OCCO2. The van der Waals surface area contributed by atoms with E-state index in [1.165, 1.54) is 7.11 Å². The molecular formula is C13H20O4. The summed E-state index contributed by atoms with van der Waals surface area (Å²) in [6.07, 6.45) is 1.35. The minimum Gasteiger partial charge on any atom is -0.466 e. The van der Waals surface area contributed by atoms with Crippen molar-refractivity contribution >= 4 is 5.97 Å². The molecule has 96 valence electrons. The van der Waals surface area contributed by atoms with Crippen LogP contribution >= 0.6 is 0 Å². The van der Waals surface area contributed by atoms with Crippen molar-refractivity contribution in [2.75, 3.05) is 20.3 Å². The van der Waals surface area contributed by atoms with E-state index in [-0.39, 0.29) is 11.4 Å². The molecule has 17 heavy (non-hydrogen) atoms. The van der Waals surface area contributed by atoms with Gasteiger partial charge in [-0.2, -0.15) is 0 Å². The Hall–Kier alpha value is -0.870. The number of carbonyl (C=O) groups excluding carboxylic acids is 1. The molecule has 4 heteroatoms. The standard InChI is InChI=1S/C13H20O4/c1-9-7-13(16-5-6-17-13)8-12(2,3)10(9)11(14)15-4/h5-8H2,1-4H3. The summed E-state index contributed by atoms with van der Waals surface area (Å²) >= 11 is 0. The third kappa shape index (κ3) is 2.11. The first-order valence-corrected chi connectivity index (χ1v) is 5.97. The molecule has 0 aromatic rings. The Morgan fingerprint density at radius 1 is 1.29 bits per heavy atom. The zero-order chi connectivity index (χ0) is 12.7. The molecule has 4 nitrogen and oxygen atoms in total. The number of hydrogen-bond donors (Lipinski definition) is 0. The minimum atomic E-state index is -0.523. The smallest absolute Gasteiger partial charge is 0.334 e. The maximum atomic E-state index is 11.8. The van der Waals surface area contributed by atoms with Gasteiger partial charge in [0.25, 0.3) is 0 Å². The van der Waals surface area contributed by atoms with Gasteiger partial charge in [-0.05, 0) is 6.92 Å². The van der Waals surface area contributed by atoms with Crippen LogP contribution < -0.4 is 0 Å². The van der Waals surface area contributed by atoms with Gasteiger partial charge in [-0.15, -0.1) is 0 Å². The van der Waals surface area contributed by atoms with E-state index in [4.69, 9.17) is 14.2 Å². The first-order chi connectivity index (χ1) is 7.90. The number of methoxy groups -OCH3 is 1. The zero-order valence-corrected chi connectivity index (χ0v) is 11.0. The van der Waals surface area contributed by atoms with Crippen LogP contribution in [0.4, 0.5) is 0 Å². The zero-order valence-electron chi connectivity index (χ0n) is 11.0. The molecule has 0 aromatic carbocycles. The van der Waals surface area contributed by atoms with Crippen LogP contribution in [0.1, 0.15) is 33.6 Å². The lowest BCUT2D eigenvalue weighted by Crippen LogP contribution is -2.43. The van der Waals surface area contributed by atoms with E-state index in [0.29, 0.717) is 26.1 Å². The second-order valence-electron chi connectivity index (χ2n) is 5.49. The topological polar surface area (TPSA) is 44.8 Å². The normalized spacial score (nSPS) is 26.4. The van der Waals surface area contributed by atoms with E-state index in [9.17, 15) is 4.79 Å². The first-order valence-electron chi connectivity index (χ1n) is 5.97. The highest BCUT2D eigenvalue weighted by Gasteiger charge is 2.49. The Kier molecular flexibility index (Phi) is 3.04. The Bertz CT molecular complexity index is 362. The molecule has 0 N–H and O–H groups in total. The van der Waals surface area contributed by atoms with Crippen molar-refractivity contribution in [1.29, 1.82) is 0 Å². The average molecular weight is 240 g/mol. The Morgan fingerprint density at radius 2 is 1.88 bits per heavy atom. The highest BCUT2D eigenvalue weighted by Crippen LogP contribution is 2.48. The fourth-order valence-corrected chi connectivity index (χ4v) is 3.15. The van der Waals surface area contributed by atoms with Gasteiger partial charge in [-0.25, -0.2) is 4.79 Å². The number of ether oxygens (including phenoxy) is 3. The van der Waals surface area contributed by atoms with Gasteiger partial charge in [0.1, 0.15) is 0 Å². The molecule has 0 amide bonds. The van der Waals surface area contributed by atoms with Crippen molar-refractivity contribution in [2.45, 2.75) is 39.4 Å². The van der Waals surface area contributed by atoms with E-state index < -0.39 is 5.79 Å². The van der Waals surface area contributed by atoms with Crippen molar-refractivity contribution in [1.82, 2.24) is 0 Å². The Balaban J connectivity index is 2.36. The molecule has 0 saturated carbocycles. The maximum absolute atomic E-state index is 11.8. The Labute approximate surface area is 102 Å². The van der Waals surface area contributed by atoms with E-state index in [1.54, 1.807) is 0 Å². The van der Waals surface area contributed by atoms with Crippen molar-refractivity contribution in [3.63, 3.8) is 0 Å². The third-order valence-electron chi connectivity index (χ3n) is 3.55. The van der Waals surface area contributed by atoms with Crippen LogP contribution in [0, 0.1) is 5.41 Å².